The van der Waals surface area contributed by atoms with Crippen molar-refractivity contribution in [3.8, 4) is 6.07 Å². The van der Waals surface area contributed by atoms with Crippen molar-refractivity contribution in [1.82, 2.24) is 4.98 Å². The van der Waals surface area contributed by atoms with Crippen LogP contribution < -0.4 is 0 Å². The quantitative estimate of drug-likeness (QED) is 0.854. The van der Waals surface area contributed by atoms with Crippen LogP contribution in [0, 0.1) is 17.2 Å². The molecule has 1 aromatic carbocycles. The highest BCUT2D eigenvalue weighted by atomic mass is 32.1. The number of thiazole rings is 1. The molecule has 1 heterocycles. The molecule has 102 valence electrons. The molecule has 1 saturated carbocycles. The Morgan fingerprint density at radius 3 is 2.75 bits per heavy atom. The number of nitriles is 1. The van der Waals surface area contributed by atoms with Gasteiger partial charge in [0.05, 0.1) is 16.3 Å². The molecule has 1 aliphatic rings. The minimum Gasteiger partial charge on any atom is -0.297 e. The molecule has 0 spiro atoms. The Labute approximate surface area is 122 Å². The Morgan fingerprint density at radius 2 is 2.05 bits per heavy atom. The van der Waals surface area contributed by atoms with E-state index in [2.05, 4.69) is 11.1 Å². The van der Waals surface area contributed by atoms with Gasteiger partial charge in [0, 0.05) is 5.92 Å². The summed E-state index contributed by atoms with van der Waals surface area (Å²) in [6.07, 6.45) is 5.29. The maximum atomic E-state index is 12.6. The highest BCUT2D eigenvalue weighted by molar-refractivity contribution is 7.18. The minimum atomic E-state index is -0.685. The van der Waals surface area contributed by atoms with Crippen LogP contribution in [0.15, 0.2) is 24.3 Å². The van der Waals surface area contributed by atoms with Gasteiger partial charge in [-0.05, 0) is 25.0 Å². The molecule has 1 aliphatic carbocycles. The van der Waals surface area contributed by atoms with Crippen molar-refractivity contribution < 1.29 is 4.79 Å². The number of para-hydroxylation sites is 1. The van der Waals surface area contributed by atoms with Gasteiger partial charge in [-0.2, -0.15) is 5.26 Å². The molecule has 0 amide bonds. The van der Waals surface area contributed by atoms with Crippen molar-refractivity contribution in [3.63, 3.8) is 0 Å². The van der Waals surface area contributed by atoms with Crippen LogP contribution in [0.1, 0.15) is 43.0 Å². The third-order valence-electron chi connectivity index (χ3n) is 3.98. The van der Waals surface area contributed by atoms with Crippen LogP contribution in [-0.2, 0) is 4.79 Å². The summed E-state index contributed by atoms with van der Waals surface area (Å²) in [4.78, 5) is 17.0. The Balaban J connectivity index is 1.89. The van der Waals surface area contributed by atoms with Gasteiger partial charge < -0.3 is 0 Å². The van der Waals surface area contributed by atoms with Gasteiger partial charge in [0.15, 0.2) is 11.7 Å². The molecule has 20 heavy (non-hydrogen) atoms. The van der Waals surface area contributed by atoms with Crippen molar-refractivity contribution in [2.75, 3.05) is 0 Å². The first kappa shape index (κ1) is 13.3. The first-order valence-electron chi connectivity index (χ1n) is 7.08. The van der Waals surface area contributed by atoms with Gasteiger partial charge in [-0.3, -0.25) is 4.79 Å². The molecule has 1 atom stereocenters. The number of nitrogens with zero attached hydrogens (tertiary/aromatic N) is 2. The van der Waals surface area contributed by atoms with E-state index in [0.717, 1.165) is 35.9 Å². The van der Waals surface area contributed by atoms with E-state index in [0.29, 0.717) is 5.01 Å². The normalized spacial score (nSPS) is 17.8. The lowest BCUT2D eigenvalue weighted by Crippen LogP contribution is -2.23. The molecule has 4 heteroatoms. The van der Waals surface area contributed by atoms with E-state index in [4.69, 9.17) is 0 Å². The molecule has 3 nitrogen and oxygen atoms in total. The number of rotatable bonds is 3. The second-order valence-corrected chi connectivity index (χ2v) is 6.38. The van der Waals surface area contributed by atoms with Crippen LogP contribution in [0.25, 0.3) is 10.2 Å². The fourth-order valence-corrected chi connectivity index (χ4v) is 3.90. The van der Waals surface area contributed by atoms with Gasteiger partial charge >= 0.3 is 0 Å². The largest absolute Gasteiger partial charge is 0.297 e. The van der Waals surface area contributed by atoms with Gasteiger partial charge in [-0.25, -0.2) is 4.98 Å². The monoisotopic (exact) mass is 284 g/mol. The summed E-state index contributed by atoms with van der Waals surface area (Å²) in [7, 11) is 0. The van der Waals surface area contributed by atoms with Crippen LogP contribution in [0.5, 0.6) is 0 Å². The van der Waals surface area contributed by atoms with Gasteiger partial charge in [0.25, 0.3) is 0 Å². The Bertz CT molecular complexity index is 631. The summed E-state index contributed by atoms with van der Waals surface area (Å²) < 4.78 is 1.04. The summed E-state index contributed by atoms with van der Waals surface area (Å²) in [5.74, 6) is -0.554. The third kappa shape index (κ3) is 2.46. The van der Waals surface area contributed by atoms with Crippen molar-refractivity contribution in [1.29, 1.82) is 5.26 Å². The lowest BCUT2D eigenvalue weighted by Gasteiger charge is -2.21. The van der Waals surface area contributed by atoms with Crippen LogP contribution in [0.4, 0.5) is 0 Å². The Kier molecular flexibility index (Phi) is 3.79. The number of hydrogen-bond donors (Lipinski definition) is 0. The molecular formula is C16H16N2OS. The van der Waals surface area contributed by atoms with Crippen molar-refractivity contribution in [3.05, 3.63) is 29.3 Å². The maximum Gasteiger partial charge on any atom is 0.160 e. The first-order valence-corrected chi connectivity index (χ1v) is 7.90. The van der Waals surface area contributed by atoms with Crippen LogP contribution >= 0.6 is 11.3 Å². The number of carbonyl (C=O) groups is 1. The zero-order valence-corrected chi connectivity index (χ0v) is 12.0. The van der Waals surface area contributed by atoms with E-state index in [1.165, 1.54) is 17.8 Å². The Hall–Kier alpha value is -1.73. The number of benzene rings is 1. The molecule has 0 bridgehead atoms. The lowest BCUT2D eigenvalue weighted by atomic mass is 9.82. The molecule has 0 N–H and O–H groups in total. The van der Waals surface area contributed by atoms with Gasteiger partial charge in [-0.15, -0.1) is 11.3 Å². The van der Waals surface area contributed by atoms with Gasteiger partial charge in [0.2, 0.25) is 0 Å². The first-order chi connectivity index (χ1) is 9.79. The second-order valence-electron chi connectivity index (χ2n) is 5.32. The number of Topliss-reactive ketones (excluding diaryl/α,β-unsaturated/α-hetero) is 1. The lowest BCUT2D eigenvalue weighted by molar-refractivity contribution is -0.124. The fraction of sp³-hybridized carbons (Fsp3) is 0.438. The standard InChI is InChI=1S/C16H16N2OS/c17-10-12(15(19)11-6-2-1-3-7-11)16-18-13-8-4-5-9-14(13)20-16/h4-5,8-9,11-12H,1-3,6-7H2/t12-/m1/s1. The minimum absolute atomic E-state index is 0.0559. The number of ketones is 1. The van der Waals surface area contributed by atoms with E-state index < -0.39 is 5.92 Å². The average molecular weight is 284 g/mol. The number of carbonyl (C=O) groups excluding carboxylic acids is 1. The summed E-state index contributed by atoms with van der Waals surface area (Å²) in [5, 5.41) is 10.1. The summed E-state index contributed by atoms with van der Waals surface area (Å²) in [6.45, 7) is 0. The molecule has 0 saturated heterocycles. The zero-order valence-electron chi connectivity index (χ0n) is 11.2. The number of aromatic nitrogens is 1. The highest BCUT2D eigenvalue weighted by Crippen LogP contribution is 2.33. The summed E-state index contributed by atoms with van der Waals surface area (Å²) in [6, 6.07) is 9.96. The van der Waals surface area contributed by atoms with Crippen molar-refractivity contribution in [2.24, 2.45) is 5.92 Å². The van der Waals surface area contributed by atoms with Gasteiger partial charge in [0.1, 0.15) is 5.01 Å². The fourth-order valence-electron chi connectivity index (χ4n) is 2.88. The predicted octanol–water partition coefficient (Wildman–Crippen LogP) is 4.05. The molecule has 0 aliphatic heterocycles. The van der Waals surface area contributed by atoms with Gasteiger partial charge in [-0.1, -0.05) is 31.4 Å². The molecule has 0 radical (unpaired) electrons. The van der Waals surface area contributed by atoms with E-state index in [9.17, 15) is 10.1 Å². The topological polar surface area (TPSA) is 53.8 Å². The van der Waals surface area contributed by atoms with Crippen LogP contribution in [0.3, 0.4) is 0 Å². The molecule has 2 aromatic rings. The zero-order chi connectivity index (χ0) is 13.9. The van der Waals surface area contributed by atoms with E-state index in [-0.39, 0.29) is 11.7 Å². The molecular weight excluding hydrogens is 268 g/mol. The maximum absolute atomic E-state index is 12.6. The SMILES string of the molecule is N#C[C@H](C(=O)C1CCCCC1)c1nc2ccccc2s1. The highest BCUT2D eigenvalue weighted by Gasteiger charge is 2.31. The molecule has 3 rings (SSSR count). The summed E-state index contributed by atoms with van der Waals surface area (Å²) >= 11 is 1.47. The second kappa shape index (κ2) is 5.72. The summed E-state index contributed by atoms with van der Waals surface area (Å²) in [5.41, 5.74) is 0.879. The molecule has 1 aromatic heterocycles. The average Bonchev–Trinajstić information content (AvgIpc) is 2.92. The van der Waals surface area contributed by atoms with Crippen LogP contribution in [0.2, 0.25) is 0 Å². The predicted molar refractivity (Wildman–Crippen MR) is 79.6 cm³/mol. The number of fused-ring (bicyclic) bond motifs is 1. The third-order valence-corrected chi connectivity index (χ3v) is 5.08. The van der Waals surface area contributed by atoms with Crippen molar-refractivity contribution >= 4 is 27.3 Å². The van der Waals surface area contributed by atoms with E-state index in [1.54, 1.807) is 0 Å². The van der Waals surface area contributed by atoms with E-state index >= 15 is 0 Å². The Morgan fingerprint density at radius 1 is 1.30 bits per heavy atom. The molecule has 0 unspecified atom stereocenters. The molecule has 1 fully saturated rings. The number of hydrogen-bond acceptors (Lipinski definition) is 4. The smallest absolute Gasteiger partial charge is 0.160 e. The van der Waals surface area contributed by atoms with Crippen LogP contribution in [-0.4, -0.2) is 10.8 Å². The van der Waals surface area contributed by atoms with E-state index in [1.807, 2.05) is 24.3 Å². The van der Waals surface area contributed by atoms with Crippen molar-refractivity contribution in [2.45, 2.75) is 38.0 Å².